The summed E-state index contributed by atoms with van der Waals surface area (Å²) in [6, 6.07) is 0.442. The van der Waals surface area contributed by atoms with Gasteiger partial charge in [-0.1, -0.05) is 34.6 Å². The van der Waals surface area contributed by atoms with E-state index in [1.807, 2.05) is 0 Å². The van der Waals surface area contributed by atoms with Crippen molar-refractivity contribution in [2.75, 3.05) is 18.1 Å². The monoisotopic (exact) mass is 233 g/mol. The molecule has 15 heavy (non-hydrogen) atoms. The van der Waals surface area contributed by atoms with E-state index in [4.69, 9.17) is 0 Å². The van der Waals surface area contributed by atoms with Crippen molar-refractivity contribution in [2.24, 2.45) is 10.8 Å². The Balaban J connectivity index is 2.36. The zero-order valence-corrected chi connectivity index (χ0v) is 11.2. The summed E-state index contributed by atoms with van der Waals surface area (Å²) in [4.78, 5) is 0. The average molecular weight is 233 g/mol. The number of hydrogen-bond donors (Lipinski definition) is 1. The van der Waals surface area contributed by atoms with E-state index >= 15 is 0 Å². The van der Waals surface area contributed by atoms with E-state index in [0.29, 0.717) is 12.6 Å². The van der Waals surface area contributed by atoms with Crippen LogP contribution in [0.2, 0.25) is 0 Å². The quantitative estimate of drug-likeness (QED) is 0.781. The fourth-order valence-electron chi connectivity index (χ4n) is 2.21. The second-order valence-electron chi connectivity index (χ2n) is 5.57. The Morgan fingerprint density at radius 1 is 1.13 bits per heavy atom. The molecule has 0 amide bonds. The van der Waals surface area contributed by atoms with Crippen molar-refractivity contribution in [3.8, 4) is 0 Å². The molecule has 0 aromatic heterocycles. The molecule has 0 radical (unpaired) electrons. The van der Waals surface area contributed by atoms with Gasteiger partial charge in [0.05, 0.1) is 5.75 Å². The third-order valence-electron chi connectivity index (χ3n) is 4.22. The maximum absolute atomic E-state index is 11.3. The normalized spacial score (nSPS) is 24.1. The minimum atomic E-state index is -2.82. The second kappa shape index (κ2) is 3.74. The van der Waals surface area contributed by atoms with E-state index in [2.05, 4.69) is 33.0 Å². The minimum Gasteiger partial charge on any atom is -0.312 e. The van der Waals surface area contributed by atoms with Crippen LogP contribution in [-0.2, 0) is 9.84 Å². The number of sulfone groups is 1. The standard InChI is InChI=1S/C11H23NO2S/c1-6-15(13,14)8-7-12-9-10(2,3)11(9,4)5/h9,12H,6-8H2,1-5H3. The highest BCUT2D eigenvalue weighted by molar-refractivity contribution is 7.91. The SMILES string of the molecule is CCS(=O)(=O)CCNC1C(C)(C)C1(C)C. The van der Waals surface area contributed by atoms with Crippen LogP contribution in [0.15, 0.2) is 0 Å². The lowest BCUT2D eigenvalue weighted by atomic mass is 10.0. The molecular weight excluding hydrogens is 210 g/mol. The lowest BCUT2D eigenvalue weighted by molar-refractivity contribution is 0.457. The van der Waals surface area contributed by atoms with Gasteiger partial charge >= 0.3 is 0 Å². The minimum absolute atomic E-state index is 0.242. The first-order valence-electron chi connectivity index (χ1n) is 5.59. The summed E-state index contributed by atoms with van der Waals surface area (Å²) in [6.45, 7) is 11.2. The fourth-order valence-corrected chi connectivity index (χ4v) is 2.93. The van der Waals surface area contributed by atoms with Gasteiger partial charge in [-0.05, 0) is 10.8 Å². The van der Waals surface area contributed by atoms with Gasteiger partial charge in [-0.25, -0.2) is 8.42 Å². The van der Waals surface area contributed by atoms with Crippen molar-refractivity contribution >= 4 is 9.84 Å². The molecule has 1 N–H and O–H groups in total. The van der Waals surface area contributed by atoms with Gasteiger partial charge in [-0.15, -0.1) is 0 Å². The molecule has 0 aliphatic heterocycles. The smallest absolute Gasteiger partial charge is 0.151 e. The van der Waals surface area contributed by atoms with Crippen LogP contribution in [0.4, 0.5) is 0 Å². The molecule has 0 unspecified atom stereocenters. The molecule has 3 nitrogen and oxygen atoms in total. The Labute approximate surface area is 93.6 Å². The summed E-state index contributed by atoms with van der Waals surface area (Å²) in [6.07, 6.45) is 0. The van der Waals surface area contributed by atoms with Crippen LogP contribution in [0.1, 0.15) is 34.6 Å². The molecule has 0 saturated heterocycles. The molecule has 0 bridgehead atoms. The molecule has 4 heteroatoms. The molecule has 0 aromatic rings. The molecule has 0 spiro atoms. The first-order chi connectivity index (χ1) is 6.65. The van der Waals surface area contributed by atoms with Gasteiger partial charge in [0.25, 0.3) is 0 Å². The Bertz CT molecular complexity index is 316. The lowest BCUT2D eigenvalue weighted by Gasteiger charge is -2.06. The molecule has 90 valence electrons. The van der Waals surface area contributed by atoms with Gasteiger partial charge in [0.15, 0.2) is 9.84 Å². The third kappa shape index (κ3) is 2.36. The molecule has 0 atom stereocenters. The maximum atomic E-state index is 11.3. The fraction of sp³-hybridized carbons (Fsp3) is 1.00. The van der Waals surface area contributed by atoms with Crippen molar-refractivity contribution < 1.29 is 8.42 Å². The summed E-state index contributed by atoms with van der Waals surface area (Å²) in [5.41, 5.74) is 0.561. The molecule has 0 aromatic carbocycles. The largest absolute Gasteiger partial charge is 0.312 e. The first-order valence-corrected chi connectivity index (χ1v) is 7.41. The molecule has 0 heterocycles. The van der Waals surface area contributed by atoms with Crippen LogP contribution in [0.3, 0.4) is 0 Å². The van der Waals surface area contributed by atoms with Gasteiger partial charge < -0.3 is 5.32 Å². The van der Waals surface area contributed by atoms with Gasteiger partial charge in [0, 0.05) is 18.3 Å². The highest BCUT2D eigenvalue weighted by Crippen LogP contribution is 2.62. The predicted octanol–water partition coefficient (Wildman–Crippen LogP) is 1.45. The Morgan fingerprint density at radius 2 is 1.60 bits per heavy atom. The lowest BCUT2D eigenvalue weighted by Crippen LogP contribution is -2.28. The number of nitrogens with one attached hydrogen (secondary N) is 1. The first kappa shape index (κ1) is 13.0. The van der Waals surface area contributed by atoms with E-state index in [0.717, 1.165) is 0 Å². The molecular formula is C11H23NO2S. The average Bonchev–Trinajstić information content (AvgIpc) is 2.47. The maximum Gasteiger partial charge on any atom is 0.151 e. The van der Waals surface area contributed by atoms with Crippen molar-refractivity contribution in [1.29, 1.82) is 0 Å². The van der Waals surface area contributed by atoms with Crippen molar-refractivity contribution in [3.63, 3.8) is 0 Å². The van der Waals surface area contributed by atoms with Gasteiger partial charge in [0.2, 0.25) is 0 Å². The molecule has 1 aliphatic rings. The summed E-state index contributed by atoms with van der Waals surface area (Å²) in [5, 5.41) is 3.35. The van der Waals surface area contributed by atoms with Crippen molar-refractivity contribution in [2.45, 2.75) is 40.7 Å². The predicted molar refractivity (Wildman–Crippen MR) is 63.7 cm³/mol. The van der Waals surface area contributed by atoms with Crippen LogP contribution in [0, 0.1) is 10.8 Å². The molecule has 1 aliphatic carbocycles. The van der Waals surface area contributed by atoms with Crippen molar-refractivity contribution in [1.82, 2.24) is 5.32 Å². The van der Waals surface area contributed by atoms with E-state index in [1.54, 1.807) is 6.92 Å². The van der Waals surface area contributed by atoms with E-state index in [9.17, 15) is 8.42 Å². The van der Waals surface area contributed by atoms with Crippen LogP contribution >= 0.6 is 0 Å². The van der Waals surface area contributed by atoms with E-state index in [1.165, 1.54) is 0 Å². The molecule has 1 saturated carbocycles. The summed E-state index contributed by atoms with van der Waals surface area (Å²) < 4.78 is 22.6. The zero-order valence-electron chi connectivity index (χ0n) is 10.4. The van der Waals surface area contributed by atoms with Crippen LogP contribution < -0.4 is 5.32 Å². The highest BCUT2D eigenvalue weighted by Gasteiger charge is 2.64. The zero-order chi connectivity index (χ0) is 11.9. The van der Waals surface area contributed by atoms with Gasteiger partial charge in [0.1, 0.15) is 0 Å². The number of hydrogen-bond acceptors (Lipinski definition) is 3. The van der Waals surface area contributed by atoms with Crippen molar-refractivity contribution in [3.05, 3.63) is 0 Å². The van der Waals surface area contributed by atoms with E-state index in [-0.39, 0.29) is 22.3 Å². The topological polar surface area (TPSA) is 46.2 Å². The summed E-state index contributed by atoms with van der Waals surface area (Å²) >= 11 is 0. The third-order valence-corrected chi connectivity index (χ3v) is 5.93. The van der Waals surface area contributed by atoms with Crippen LogP contribution in [0.25, 0.3) is 0 Å². The molecule has 1 rings (SSSR count). The molecule has 1 fully saturated rings. The summed E-state index contributed by atoms with van der Waals surface area (Å²) in [7, 11) is -2.82. The Hall–Kier alpha value is -0.0900. The number of rotatable bonds is 5. The van der Waals surface area contributed by atoms with Crippen LogP contribution in [0.5, 0.6) is 0 Å². The van der Waals surface area contributed by atoms with E-state index < -0.39 is 9.84 Å². The van der Waals surface area contributed by atoms with Gasteiger partial charge in [-0.3, -0.25) is 0 Å². The second-order valence-corrected chi connectivity index (χ2v) is 8.04. The summed E-state index contributed by atoms with van der Waals surface area (Å²) in [5.74, 6) is 0.498. The highest BCUT2D eigenvalue weighted by atomic mass is 32.2. The van der Waals surface area contributed by atoms with Crippen LogP contribution in [-0.4, -0.2) is 32.5 Å². The Kier molecular flexibility index (Phi) is 3.23. The Morgan fingerprint density at radius 3 is 1.93 bits per heavy atom. The van der Waals surface area contributed by atoms with Gasteiger partial charge in [-0.2, -0.15) is 0 Å².